The van der Waals surface area contributed by atoms with Crippen LogP contribution in [0.4, 0.5) is 4.79 Å². The number of aromatic hydroxyl groups is 1. The van der Waals surface area contributed by atoms with Crippen LogP contribution in [-0.4, -0.2) is 69.6 Å². The SMILES string of the molecule is C=CCN(C(=O)C(CC(N)=O)NC(=O)OC(C)(C)C)C(C(=O)NC(Cc1ccccc1)C(=O)OC(C)(C)C)c1cccc(O)c1. The van der Waals surface area contributed by atoms with Crippen LogP contribution in [0.25, 0.3) is 0 Å². The monoisotopic (exact) mass is 624 g/mol. The van der Waals surface area contributed by atoms with Crippen molar-refractivity contribution in [3.05, 3.63) is 78.4 Å². The van der Waals surface area contributed by atoms with Gasteiger partial charge in [0.25, 0.3) is 0 Å². The van der Waals surface area contributed by atoms with E-state index in [0.29, 0.717) is 0 Å². The molecule has 2 rings (SSSR count). The first-order chi connectivity index (χ1) is 20.9. The van der Waals surface area contributed by atoms with Crippen molar-refractivity contribution in [2.75, 3.05) is 6.54 Å². The minimum Gasteiger partial charge on any atom is -0.508 e. The lowest BCUT2D eigenvalue weighted by Crippen LogP contribution is -2.55. The maximum atomic E-state index is 14.2. The van der Waals surface area contributed by atoms with Crippen molar-refractivity contribution in [3.63, 3.8) is 0 Å². The lowest BCUT2D eigenvalue weighted by molar-refractivity contribution is -0.159. The average Bonchev–Trinajstić information content (AvgIpc) is 2.90. The zero-order valence-electron chi connectivity index (χ0n) is 26.7. The molecule has 0 saturated carbocycles. The molecule has 4 amide bonds. The number of hydrogen-bond donors (Lipinski definition) is 4. The second kappa shape index (κ2) is 15.7. The van der Waals surface area contributed by atoms with Crippen LogP contribution in [0.2, 0.25) is 0 Å². The number of carbonyl (C=O) groups is 5. The Bertz CT molecular complexity index is 1360. The van der Waals surface area contributed by atoms with E-state index >= 15 is 0 Å². The summed E-state index contributed by atoms with van der Waals surface area (Å²) in [6.45, 7) is 13.4. The van der Waals surface area contributed by atoms with Gasteiger partial charge in [-0.3, -0.25) is 14.4 Å². The van der Waals surface area contributed by atoms with Crippen molar-refractivity contribution in [1.29, 1.82) is 0 Å². The first-order valence-electron chi connectivity index (χ1n) is 14.5. The molecule has 244 valence electrons. The average molecular weight is 625 g/mol. The maximum absolute atomic E-state index is 14.2. The Kier molecular flexibility index (Phi) is 12.7. The largest absolute Gasteiger partial charge is 0.508 e. The zero-order valence-corrected chi connectivity index (χ0v) is 26.7. The van der Waals surface area contributed by atoms with Crippen LogP contribution in [0.15, 0.2) is 67.3 Å². The number of phenolic OH excluding ortho intramolecular Hbond substituents is 1. The molecule has 2 aromatic rings. The number of alkyl carbamates (subject to hydrolysis) is 1. The fourth-order valence-corrected chi connectivity index (χ4v) is 4.35. The zero-order chi connectivity index (χ0) is 33.9. The van der Waals surface area contributed by atoms with Gasteiger partial charge in [-0.05, 0) is 64.8 Å². The Morgan fingerprint density at radius 3 is 2.07 bits per heavy atom. The minimum atomic E-state index is -1.52. The summed E-state index contributed by atoms with van der Waals surface area (Å²) in [5.41, 5.74) is 4.56. The van der Waals surface area contributed by atoms with Crippen molar-refractivity contribution in [3.8, 4) is 5.75 Å². The van der Waals surface area contributed by atoms with Gasteiger partial charge in [0.2, 0.25) is 17.7 Å². The Labute approximate surface area is 263 Å². The minimum absolute atomic E-state index is 0.0775. The Balaban J connectivity index is 2.59. The number of benzene rings is 2. The van der Waals surface area contributed by atoms with Gasteiger partial charge < -0.3 is 35.8 Å². The van der Waals surface area contributed by atoms with Gasteiger partial charge in [0.1, 0.15) is 35.1 Å². The number of nitrogens with two attached hydrogens (primary N) is 1. The Morgan fingerprint density at radius 2 is 1.53 bits per heavy atom. The number of carbonyl (C=O) groups excluding carboxylic acids is 5. The molecule has 0 spiro atoms. The topological polar surface area (TPSA) is 177 Å². The first-order valence-corrected chi connectivity index (χ1v) is 14.5. The number of nitrogens with zero attached hydrogens (tertiary/aromatic N) is 1. The predicted molar refractivity (Wildman–Crippen MR) is 168 cm³/mol. The van der Waals surface area contributed by atoms with Crippen molar-refractivity contribution < 1.29 is 38.6 Å². The molecular formula is C33H44N4O8. The summed E-state index contributed by atoms with van der Waals surface area (Å²) in [6.07, 6.45) is -0.152. The van der Waals surface area contributed by atoms with Crippen molar-refractivity contribution in [2.24, 2.45) is 5.73 Å². The molecule has 0 heterocycles. The summed E-state index contributed by atoms with van der Waals surface area (Å²) < 4.78 is 10.9. The van der Waals surface area contributed by atoms with E-state index in [1.165, 1.54) is 30.3 Å². The van der Waals surface area contributed by atoms with E-state index in [1.54, 1.807) is 65.8 Å². The lowest BCUT2D eigenvalue weighted by atomic mass is 10.00. The van der Waals surface area contributed by atoms with Crippen LogP contribution in [0.1, 0.15) is 65.1 Å². The van der Waals surface area contributed by atoms with Gasteiger partial charge in [-0.15, -0.1) is 6.58 Å². The van der Waals surface area contributed by atoms with Gasteiger partial charge in [-0.2, -0.15) is 0 Å². The Hall–Kier alpha value is -4.87. The van der Waals surface area contributed by atoms with Crippen LogP contribution >= 0.6 is 0 Å². The van der Waals surface area contributed by atoms with Crippen molar-refractivity contribution in [1.82, 2.24) is 15.5 Å². The molecule has 3 unspecified atom stereocenters. The third kappa shape index (κ3) is 12.3. The van der Waals surface area contributed by atoms with E-state index in [4.69, 9.17) is 15.2 Å². The van der Waals surface area contributed by atoms with E-state index in [9.17, 15) is 29.1 Å². The van der Waals surface area contributed by atoms with E-state index in [2.05, 4.69) is 17.2 Å². The quantitative estimate of drug-likeness (QED) is 0.194. The van der Waals surface area contributed by atoms with Gasteiger partial charge in [-0.25, -0.2) is 9.59 Å². The molecule has 0 aliphatic carbocycles. The number of esters is 1. The smallest absolute Gasteiger partial charge is 0.408 e. The summed E-state index contributed by atoms with van der Waals surface area (Å²) in [6, 6.07) is 10.5. The fourth-order valence-electron chi connectivity index (χ4n) is 4.35. The number of nitrogens with one attached hydrogen (secondary N) is 2. The normalized spacial score (nSPS) is 13.4. The van der Waals surface area contributed by atoms with E-state index in [0.717, 1.165) is 10.5 Å². The van der Waals surface area contributed by atoms with E-state index < -0.39 is 65.5 Å². The van der Waals surface area contributed by atoms with E-state index in [1.807, 2.05) is 6.07 Å². The van der Waals surface area contributed by atoms with E-state index in [-0.39, 0.29) is 24.3 Å². The van der Waals surface area contributed by atoms with Gasteiger partial charge in [0.05, 0.1) is 6.42 Å². The van der Waals surface area contributed by atoms with Crippen LogP contribution in [0.3, 0.4) is 0 Å². The van der Waals surface area contributed by atoms with Gasteiger partial charge in [0, 0.05) is 13.0 Å². The highest BCUT2D eigenvalue weighted by Crippen LogP contribution is 2.26. The summed E-state index contributed by atoms with van der Waals surface area (Å²) in [5, 5.41) is 15.4. The number of phenols is 1. The van der Waals surface area contributed by atoms with Crippen LogP contribution in [0.5, 0.6) is 5.75 Å². The summed E-state index contributed by atoms with van der Waals surface area (Å²) in [4.78, 5) is 67.2. The van der Waals surface area contributed by atoms with Gasteiger partial charge in [0.15, 0.2) is 0 Å². The molecule has 2 aromatic carbocycles. The number of primary amides is 1. The molecule has 0 fully saturated rings. The fraction of sp³-hybridized carbons (Fsp3) is 0.424. The van der Waals surface area contributed by atoms with Crippen LogP contribution < -0.4 is 16.4 Å². The van der Waals surface area contributed by atoms with Gasteiger partial charge in [-0.1, -0.05) is 48.5 Å². The molecule has 0 aliphatic rings. The second-order valence-corrected chi connectivity index (χ2v) is 12.4. The molecule has 0 aliphatic heterocycles. The highest BCUT2D eigenvalue weighted by molar-refractivity contribution is 5.95. The lowest BCUT2D eigenvalue weighted by Gasteiger charge is -2.34. The highest BCUT2D eigenvalue weighted by Gasteiger charge is 2.38. The second-order valence-electron chi connectivity index (χ2n) is 12.4. The van der Waals surface area contributed by atoms with Crippen molar-refractivity contribution in [2.45, 2.75) is 83.7 Å². The molecule has 12 nitrogen and oxygen atoms in total. The maximum Gasteiger partial charge on any atom is 0.408 e. The number of ether oxygens (including phenoxy) is 2. The molecular weight excluding hydrogens is 580 g/mol. The third-order valence-corrected chi connectivity index (χ3v) is 6.04. The molecule has 12 heteroatoms. The molecule has 5 N–H and O–H groups in total. The third-order valence-electron chi connectivity index (χ3n) is 6.04. The van der Waals surface area contributed by atoms with Crippen molar-refractivity contribution >= 4 is 29.8 Å². The number of rotatable bonds is 13. The molecule has 0 aromatic heterocycles. The summed E-state index contributed by atoms with van der Waals surface area (Å²) in [5.74, 6) is -3.44. The molecule has 0 radical (unpaired) electrons. The predicted octanol–water partition coefficient (Wildman–Crippen LogP) is 3.29. The summed E-state index contributed by atoms with van der Waals surface area (Å²) in [7, 11) is 0. The Morgan fingerprint density at radius 1 is 0.911 bits per heavy atom. The molecule has 0 bridgehead atoms. The standard InChI is InChI=1S/C33H44N4O8/c1-8-17-37(29(41)24(20-26(34)39)36-31(43)45-33(5,6)7)27(22-15-12-16-23(38)19-22)28(40)35-25(30(42)44-32(2,3)4)18-21-13-10-9-11-14-21/h8-16,19,24-25,27,38H,1,17-18,20H2,2-7H3,(H2,34,39)(H,35,40)(H,36,43). The van der Waals surface area contributed by atoms with Crippen LogP contribution in [0, 0.1) is 0 Å². The first kappa shape index (κ1) is 36.3. The summed E-state index contributed by atoms with van der Waals surface area (Å²) >= 11 is 0. The van der Waals surface area contributed by atoms with Crippen LogP contribution in [-0.2, 0) is 35.1 Å². The molecule has 0 saturated heterocycles. The highest BCUT2D eigenvalue weighted by atomic mass is 16.6. The molecule has 45 heavy (non-hydrogen) atoms. The molecule has 3 atom stereocenters. The number of hydrogen-bond acceptors (Lipinski definition) is 8. The number of amides is 4. The van der Waals surface area contributed by atoms with Gasteiger partial charge >= 0.3 is 12.1 Å².